The normalized spacial score (nSPS) is 19.8. The van der Waals surface area contributed by atoms with Gasteiger partial charge >= 0.3 is 0 Å². The predicted octanol–water partition coefficient (Wildman–Crippen LogP) is 3.51. The van der Waals surface area contributed by atoms with Crippen LogP contribution in [-0.4, -0.2) is 34.9 Å². The molecule has 5 heteroatoms. The van der Waals surface area contributed by atoms with E-state index in [9.17, 15) is 4.79 Å². The quantitative estimate of drug-likeness (QED) is 0.873. The van der Waals surface area contributed by atoms with Gasteiger partial charge in [-0.05, 0) is 50.8 Å². The molecule has 1 aliphatic rings. The molecule has 1 aromatic carbocycles. The molecule has 0 bridgehead atoms. The van der Waals surface area contributed by atoms with E-state index in [1.54, 1.807) is 0 Å². The Morgan fingerprint density at radius 3 is 2.96 bits per heavy atom. The smallest absolute Gasteiger partial charge is 0.254 e. The van der Waals surface area contributed by atoms with Gasteiger partial charge in [0.25, 0.3) is 5.91 Å². The molecule has 4 nitrogen and oxygen atoms in total. The highest BCUT2D eigenvalue weighted by Gasteiger charge is 2.27. The zero-order valence-corrected chi connectivity index (χ0v) is 15.1. The van der Waals surface area contributed by atoms with Crippen LogP contribution in [0.1, 0.15) is 35.8 Å². The van der Waals surface area contributed by atoms with Crippen LogP contribution in [0.2, 0.25) is 0 Å². The molecule has 1 fully saturated rings. The Morgan fingerprint density at radius 2 is 2.22 bits per heavy atom. The first kappa shape index (κ1) is 16.4. The summed E-state index contributed by atoms with van der Waals surface area (Å²) in [6.45, 7) is 5.51. The number of hydrogen-bond acceptors (Lipinski definition) is 3. The number of aryl methyl sites for hydroxylation is 1. The number of likely N-dealkylation sites (tertiary alicyclic amines) is 1. The molecule has 0 saturated carbocycles. The Morgan fingerprint density at radius 1 is 1.43 bits per heavy atom. The van der Waals surface area contributed by atoms with E-state index < -0.39 is 0 Å². The van der Waals surface area contributed by atoms with Crippen molar-refractivity contribution in [2.24, 2.45) is 11.7 Å². The number of carbonyl (C=O) groups excluding carboxylic acids is 1. The van der Waals surface area contributed by atoms with Gasteiger partial charge in [-0.15, -0.1) is 0 Å². The molecule has 0 unspecified atom stereocenters. The molecule has 1 aliphatic heterocycles. The van der Waals surface area contributed by atoms with Crippen molar-refractivity contribution in [3.63, 3.8) is 0 Å². The van der Waals surface area contributed by atoms with Crippen LogP contribution in [0.15, 0.2) is 28.7 Å². The van der Waals surface area contributed by atoms with Crippen molar-refractivity contribution in [2.45, 2.75) is 32.7 Å². The van der Waals surface area contributed by atoms with E-state index in [0.717, 1.165) is 52.6 Å². The molecule has 2 atom stereocenters. The highest BCUT2D eigenvalue weighted by atomic mass is 79.9. The summed E-state index contributed by atoms with van der Waals surface area (Å²) in [6.07, 6.45) is 2.12. The first-order valence-electron chi connectivity index (χ1n) is 8.07. The number of nitrogens with zero attached hydrogens (tertiary/aromatic N) is 2. The Kier molecular flexibility index (Phi) is 4.69. The van der Waals surface area contributed by atoms with Crippen molar-refractivity contribution >= 4 is 32.7 Å². The summed E-state index contributed by atoms with van der Waals surface area (Å²) in [4.78, 5) is 19.6. The van der Waals surface area contributed by atoms with Crippen LogP contribution in [0.4, 0.5) is 0 Å². The summed E-state index contributed by atoms with van der Waals surface area (Å²) in [5.41, 5.74) is 8.50. The molecule has 1 saturated heterocycles. The predicted molar refractivity (Wildman–Crippen MR) is 96.5 cm³/mol. The molecule has 2 aromatic rings. The number of aromatic nitrogens is 1. The van der Waals surface area contributed by atoms with E-state index in [2.05, 4.69) is 20.9 Å². The minimum Gasteiger partial charge on any atom is -0.338 e. The first-order chi connectivity index (χ1) is 11.0. The average molecular weight is 376 g/mol. The van der Waals surface area contributed by atoms with Crippen LogP contribution in [0.25, 0.3) is 10.9 Å². The molecule has 23 heavy (non-hydrogen) atoms. The molecule has 2 N–H and O–H groups in total. The minimum absolute atomic E-state index is 0.0909. The second kappa shape index (κ2) is 6.57. The highest BCUT2D eigenvalue weighted by Crippen LogP contribution is 2.26. The van der Waals surface area contributed by atoms with Crippen LogP contribution in [0.5, 0.6) is 0 Å². The van der Waals surface area contributed by atoms with E-state index in [4.69, 9.17) is 5.73 Å². The number of nitrogens with two attached hydrogens (primary N) is 1. The Labute approximate surface area is 145 Å². The maximum absolute atomic E-state index is 13.1. The van der Waals surface area contributed by atoms with Crippen LogP contribution in [0.3, 0.4) is 0 Å². The summed E-state index contributed by atoms with van der Waals surface area (Å²) in [7, 11) is 0. The van der Waals surface area contributed by atoms with Gasteiger partial charge in [0.1, 0.15) is 0 Å². The van der Waals surface area contributed by atoms with Gasteiger partial charge in [-0.1, -0.05) is 22.0 Å². The fourth-order valence-electron chi connectivity index (χ4n) is 3.30. The van der Waals surface area contributed by atoms with Crippen molar-refractivity contribution < 1.29 is 4.79 Å². The van der Waals surface area contributed by atoms with Crippen molar-refractivity contribution in [3.8, 4) is 0 Å². The molecule has 3 rings (SSSR count). The van der Waals surface area contributed by atoms with Crippen LogP contribution >= 0.6 is 15.9 Å². The van der Waals surface area contributed by atoms with Gasteiger partial charge < -0.3 is 10.6 Å². The van der Waals surface area contributed by atoms with Crippen molar-refractivity contribution in [1.82, 2.24) is 9.88 Å². The largest absolute Gasteiger partial charge is 0.338 e. The number of amides is 1. The second-order valence-corrected chi connectivity index (χ2v) is 7.40. The Hall–Kier alpha value is -1.46. The molecular weight excluding hydrogens is 354 g/mol. The summed E-state index contributed by atoms with van der Waals surface area (Å²) in [6, 6.07) is 7.90. The molecule has 1 aromatic heterocycles. The van der Waals surface area contributed by atoms with Crippen molar-refractivity contribution in [3.05, 3.63) is 40.0 Å². The number of rotatable bonds is 2. The van der Waals surface area contributed by atoms with Gasteiger partial charge in [-0.2, -0.15) is 0 Å². The third kappa shape index (κ3) is 3.40. The lowest BCUT2D eigenvalue weighted by Gasteiger charge is -2.35. The maximum Gasteiger partial charge on any atom is 0.254 e. The molecule has 122 valence electrons. The van der Waals surface area contributed by atoms with Crippen molar-refractivity contribution in [1.29, 1.82) is 0 Å². The van der Waals surface area contributed by atoms with E-state index in [1.807, 2.05) is 43.0 Å². The molecular formula is C18H22BrN3O. The second-order valence-electron chi connectivity index (χ2n) is 6.49. The van der Waals surface area contributed by atoms with Crippen LogP contribution < -0.4 is 5.73 Å². The topological polar surface area (TPSA) is 59.2 Å². The number of piperidine rings is 1. The van der Waals surface area contributed by atoms with E-state index in [1.165, 1.54) is 0 Å². The lowest BCUT2D eigenvalue weighted by Crippen LogP contribution is -2.45. The Bertz CT molecular complexity index is 739. The molecule has 2 heterocycles. The molecule has 0 spiro atoms. The van der Waals surface area contributed by atoms with Gasteiger partial charge in [-0.3, -0.25) is 9.78 Å². The van der Waals surface area contributed by atoms with E-state index in [-0.39, 0.29) is 11.9 Å². The summed E-state index contributed by atoms with van der Waals surface area (Å²) < 4.78 is 0.969. The van der Waals surface area contributed by atoms with Crippen molar-refractivity contribution in [2.75, 3.05) is 13.1 Å². The zero-order valence-electron chi connectivity index (χ0n) is 13.6. The minimum atomic E-state index is 0.0909. The average Bonchev–Trinajstić information content (AvgIpc) is 2.53. The first-order valence-corrected chi connectivity index (χ1v) is 8.87. The fraction of sp³-hybridized carbons (Fsp3) is 0.444. The molecule has 1 amide bonds. The number of benzene rings is 1. The van der Waals surface area contributed by atoms with E-state index in [0.29, 0.717) is 5.92 Å². The number of fused-ring (bicyclic) bond motifs is 1. The molecule has 0 radical (unpaired) electrons. The van der Waals surface area contributed by atoms with E-state index >= 15 is 0 Å². The number of halogens is 1. The number of hydrogen-bond donors (Lipinski definition) is 1. The van der Waals surface area contributed by atoms with Crippen LogP contribution in [-0.2, 0) is 0 Å². The lowest BCUT2D eigenvalue weighted by molar-refractivity contribution is 0.0663. The highest BCUT2D eigenvalue weighted by molar-refractivity contribution is 9.10. The van der Waals surface area contributed by atoms with Gasteiger partial charge in [0.15, 0.2) is 0 Å². The summed E-state index contributed by atoms with van der Waals surface area (Å²) in [5.74, 6) is 0.476. The third-order valence-electron chi connectivity index (χ3n) is 4.62. The number of carbonyl (C=O) groups is 1. The monoisotopic (exact) mass is 375 g/mol. The van der Waals surface area contributed by atoms with Crippen LogP contribution in [0, 0.1) is 12.8 Å². The van der Waals surface area contributed by atoms with Gasteiger partial charge in [0, 0.05) is 34.7 Å². The van der Waals surface area contributed by atoms with Gasteiger partial charge in [0.2, 0.25) is 0 Å². The summed E-state index contributed by atoms with van der Waals surface area (Å²) in [5, 5.41) is 0.909. The SMILES string of the molecule is Cc1cc(C(=O)N2CCC[C@@H]([C@H](C)N)C2)c2ccc(Br)cc2n1. The fourth-order valence-corrected chi connectivity index (χ4v) is 3.65. The zero-order chi connectivity index (χ0) is 16.6. The summed E-state index contributed by atoms with van der Waals surface area (Å²) >= 11 is 3.47. The lowest BCUT2D eigenvalue weighted by atomic mass is 9.91. The third-order valence-corrected chi connectivity index (χ3v) is 5.11. The molecule has 0 aliphatic carbocycles. The van der Waals surface area contributed by atoms with Gasteiger partial charge in [0.05, 0.1) is 11.1 Å². The maximum atomic E-state index is 13.1. The Balaban J connectivity index is 1.97. The number of pyridine rings is 1. The van der Waals surface area contributed by atoms with Gasteiger partial charge in [-0.25, -0.2) is 0 Å². The standard InChI is InChI=1S/C18H22BrN3O/c1-11-8-16(15-6-5-14(19)9-17(15)21-11)18(23)22-7-3-4-13(10-22)12(2)20/h5-6,8-9,12-13H,3-4,7,10,20H2,1-2H3/t12-,13+/m0/s1.